The van der Waals surface area contributed by atoms with Crippen LogP contribution in [0.15, 0.2) is 24.3 Å². The first-order valence-corrected chi connectivity index (χ1v) is 7.79. The first kappa shape index (κ1) is 13.6. The molecule has 0 spiro atoms. The summed E-state index contributed by atoms with van der Waals surface area (Å²) in [5.74, 6) is 1.57. The Morgan fingerprint density at radius 1 is 1.14 bits per heavy atom. The van der Waals surface area contributed by atoms with Gasteiger partial charge in [0, 0.05) is 6.08 Å². The molecule has 116 valence electrons. The van der Waals surface area contributed by atoms with Crippen molar-refractivity contribution in [2.24, 2.45) is 0 Å². The van der Waals surface area contributed by atoms with E-state index in [1.807, 2.05) is 29.2 Å². The third-order valence-corrected chi connectivity index (χ3v) is 4.55. The first-order chi connectivity index (χ1) is 10.8. The lowest BCUT2D eigenvalue weighted by atomic mass is 9.94. The van der Waals surface area contributed by atoms with Crippen LogP contribution >= 0.6 is 0 Å². The number of morpholine rings is 1. The molecule has 1 amide bonds. The van der Waals surface area contributed by atoms with Crippen LogP contribution in [0.1, 0.15) is 24.8 Å². The number of hydrogen-bond donors (Lipinski definition) is 0. The van der Waals surface area contributed by atoms with Crippen LogP contribution in [0.3, 0.4) is 0 Å². The highest BCUT2D eigenvalue weighted by Crippen LogP contribution is 2.33. The van der Waals surface area contributed by atoms with Crippen molar-refractivity contribution < 1.29 is 19.0 Å². The first-order valence-electron chi connectivity index (χ1n) is 7.79. The van der Waals surface area contributed by atoms with E-state index in [4.69, 9.17) is 14.2 Å². The van der Waals surface area contributed by atoms with Gasteiger partial charge in [-0.05, 0) is 43.0 Å². The number of piperidine rings is 1. The van der Waals surface area contributed by atoms with Crippen molar-refractivity contribution in [3.05, 3.63) is 29.8 Å². The summed E-state index contributed by atoms with van der Waals surface area (Å²) in [6.07, 6.45) is 6.78. The van der Waals surface area contributed by atoms with Crippen LogP contribution in [0.5, 0.6) is 11.5 Å². The number of rotatable bonds is 2. The van der Waals surface area contributed by atoms with Crippen molar-refractivity contribution >= 4 is 12.0 Å². The van der Waals surface area contributed by atoms with Gasteiger partial charge in [-0.1, -0.05) is 6.07 Å². The van der Waals surface area contributed by atoms with E-state index in [0.29, 0.717) is 13.2 Å². The van der Waals surface area contributed by atoms with Gasteiger partial charge in [0.15, 0.2) is 11.5 Å². The summed E-state index contributed by atoms with van der Waals surface area (Å²) in [4.78, 5) is 14.6. The summed E-state index contributed by atoms with van der Waals surface area (Å²) in [5, 5.41) is 0. The topological polar surface area (TPSA) is 48.0 Å². The van der Waals surface area contributed by atoms with Gasteiger partial charge in [-0.3, -0.25) is 4.79 Å². The molecular formula is C17H19NO4. The Hall–Kier alpha value is -2.01. The molecule has 2 bridgehead atoms. The van der Waals surface area contributed by atoms with Crippen LogP contribution in [0.25, 0.3) is 6.08 Å². The monoisotopic (exact) mass is 301 g/mol. The van der Waals surface area contributed by atoms with Crippen LogP contribution in [-0.4, -0.2) is 42.9 Å². The Bertz CT molecular complexity index is 591. The predicted octanol–water partition coefficient (Wildman–Crippen LogP) is 2.21. The smallest absolute Gasteiger partial charge is 0.247 e. The van der Waals surface area contributed by atoms with Gasteiger partial charge in [-0.2, -0.15) is 0 Å². The van der Waals surface area contributed by atoms with Crippen molar-refractivity contribution in [1.82, 2.24) is 4.90 Å². The normalized spacial score (nSPS) is 26.5. The van der Waals surface area contributed by atoms with Gasteiger partial charge in [0.25, 0.3) is 0 Å². The minimum absolute atomic E-state index is 0.0793. The zero-order valence-electron chi connectivity index (χ0n) is 12.4. The Morgan fingerprint density at radius 2 is 1.91 bits per heavy atom. The maximum absolute atomic E-state index is 12.5. The molecule has 3 aliphatic heterocycles. The van der Waals surface area contributed by atoms with E-state index in [-0.39, 0.29) is 24.8 Å². The Balaban J connectivity index is 1.49. The molecule has 3 heterocycles. The molecule has 1 aromatic rings. The number of nitrogens with zero attached hydrogens (tertiary/aromatic N) is 1. The maximum Gasteiger partial charge on any atom is 0.247 e. The number of ether oxygens (including phenoxy) is 3. The molecule has 0 saturated carbocycles. The summed E-state index contributed by atoms with van der Waals surface area (Å²) in [6.45, 7) is 1.60. The fourth-order valence-corrected chi connectivity index (χ4v) is 3.46. The number of carbonyl (C=O) groups is 1. The fourth-order valence-electron chi connectivity index (χ4n) is 3.46. The summed E-state index contributed by atoms with van der Waals surface area (Å²) >= 11 is 0. The molecule has 2 fully saturated rings. The fraction of sp³-hybridized carbons (Fsp3) is 0.471. The summed E-state index contributed by atoms with van der Waals surface area (Å²) in [6, 6.07) is 6.17. The van der Waals surface area contributed by atoms with E-state index in [1.54, 1.807) is 6.08 Å². The molecule has 2 atom stereocenters. The van der Waals surface area contributed by atoms with Gasteiger partial charge < -0.3 is 19.1 Å². The van der Waals surface area contributed by atoms with Crippen LogP contribution in [-0.2, 0) is 9.53 Å². The lowest BCUT2D eigenvalue weighted by Gasteiger charge is -2.45. The van der Waals surface area contributed by atoms with Crippen LogP contribution in [0.2, 0.25) is 0 Å². The van der Waals surface area contributed by atoms with Gasteiger partial charge >= 0.3 is 0 Å². The van der Waals surface area contributed by atoms with Gasteiger partial charge in [0.2, 0.25) is 12.7 Å². The number of carbonyl (C=O) groups excluding carboxylic acids is 1. The number of amides is 1. The second-order valence-electron chi connectivity index (χ2n) is 5.97. The van der Waals surface area contributed by atoms with Crippen LogP contribution < -0.4 is 9.47 Å². The molecule has 2 saturated heterocycles. The van der Waals surface area contributed by atoms with Crippen LogP contribution in [0, 0.1) is 0 Å². The molecule has 2 unspecified atom stereocenters. The summed E-state index contributed by atoms with van der Waals surface area (Å²) in [7, 11) is 0. The molecule has 0 N–H and O–H groups in total. The second-order valence-corrected chi connectivity index (χ2v) is 5.97. The average molecular weight is 301 g/mol. The zero-order valence-corrected chi connectivity index (χ0v) is 12.4. The van der Waals surface area contributed by atoms with E-state index < -0.39 is 0 Å². The minimum atomic E-state index is 0.0793. The van der Waals surface area contributed by atoms with E-state index in [0.717, 1.165) is 29.9 Å². The van der Waals surface area contributed by atoms with Crippen molar-refractivity contribution in [2.45, 2.75) is 31.3 Å². The predicted molar refractivity (Wildman–Crippen MR) is 80.7 cm³/mol. The molecule has 0 radical (unpaired) electrons. The standard InChI is InChI=1S/C17H19NO4/c19-17(18-13-2-1-3-14(18)10-20-9-13)7-5-12-4-6-15-16(8-12)22-11-21-15/h4-8,13-14H,1-3,9-11H2. The molecule has 0 aromatic heterocycles. The third-order valence-electron chi connectivity index (χ3n) is 4.55. The molecule has 0 aliphatic carbocycles. The lowest BCUT2D eigenvalue weighted by molar-refractivity contribution is -0.145. The highest BCUT2D eigenvalue weighted by Gasteiger charge is 2.36. The molecule has 22 heavy (non-hydrogen) atoms. The van der Waals surface area contributed by atoms with Crippen molar-refractivity contribution in [2.75, 3.05) is 20.0 Å². The minimum Gasteiger partial charge on any atom is -0.454 e. The van der Waals surface area contributed by atoms with E-state index in [1.165, 1.54) is 6.42 Å². The Kier molecular flexibility index (Phi) is 3.50. The van der Waals surface area contributed by atoms with Crippen molar-refractivity contribution in [3.63, 3.8) is 0 Å². The highest BCUT2D eigenvalue weighted by atomic mass is 16.7. The zero-order chi connectivity index (χ0) is 14.9. The van der Waals surface area contributed by atoms with Gasteiger partial charge in [-0.25, -0.2) is 0 Å². The summed E-state index contributed by atoms with van der Waals surface area (Å²) in [5.41, 5.74) is 0.941. The molecule has 4 rings (SSSR count). The van der Waals surface area contributed by atoms with Gasteiger partial charge in [0.05, 0.1) is 25.3 Å². The number of hydrogen-bond acceptors (Lipinski definition) is 4. The molecule has 1 aromatic carbocycles. The van der Waals surface area contributed by atoms with Crippen LogP contribution in [0.4, 0.5) is 0 Å². The van der Waals surface area contributed by atoms with E-state index in [2.05, 4.69) is 0 Å². The molecule has 5 heteroatoms. The van der Waals surface area contributed by atoms with Crippen molar-refractivity contribution in [1.29, 1.82) is 0 Å². The molecule has 3 aliphatic rings. The van der Waals surface area contributed by atoms with E-state index in [9.17, 15) is 4.79 Å². The quantitative estimate of drug-likeness (QED) is 0.786. The van der Waals surface area contributed by atoms with E-state index >= 15 is 0 Å². The maximum atomic E-state index is 12.5. The Morgan fingerprint density at radius 3 is 2.73 bits per heavy atom. The third kappa shape index (κ3) is 2.46. The largest absolute Gasteiger partial charge is 0.454 e. The van der Waals surface area contributed by atoms with Gasteiger partial charge in [0.1, 0.15) is 0 Å². The highest BCUT2D eigenvalue weighted by molar-refractivity contribution is 5.92. The Labute approximate surface area is 129 Å². The lowest BCUT2D eigenvalue weighted by Crippen LogP contribution is -2.56. The SMILES string of the molecule is O=C(C=Cc1ccc2c(c1)OCO2)N1C2CCCC1COC2. The summed E-state index contributed by atoms with van der Waals surface area (Å²) < 4.78 is 16.2. The number of benzene rings is 1. The molecule has 5 nitrogen and oxygen atoms in total. The number of fused-ring (bicyclic) bond motifs is 3. The van der Waals surface area contributed by atoms with Crippen molar-refractivity contribution in [3.8, 4) is 11.5 Å². The second kappa shape index (κ2) is 5.65. The average Bonchev–Trinajstić information content (AvgIpc) is 2.99. The van der Waals surface area contributed by atoms with Gasteiger partial charge in [-0.15, -0.1) is 0 Å². The molecular weight excluding hydrogens is 282 g/mol.